The maximum atomic E-state index is 12.7. The molecule has 1 aliphatic rings. The van der Waals surface area contributed by atoms with Crippen molar-refractivity contribution in [2.75, 3.05) is 6.61 Å². The summed E-state index contributed by atoms with van der Waals surface area (Å²) < 4.78 is 5.86. The number of nitrogens with one attached hydrogen (secondary N) is 1. The van der Waals surface area contributed by atoms with Crippen molar-refractivity contribution in [1.82, 2.24) is 5.32 Å². The molecule has 0 saturated carbocycles. The number of thiophene rings is 1. The second kappa shape index (κ2) is 8.95. The lowest BCUT2D eigenvalue weighted by Crippen LogP contribution is -2.47. The van der Waals surface area contributed by atoms with Crippen molar-refractivity contribution in [1.29, 1.82) is 0 Å². The first-order valence-electron chi connectivity index (χ1n) is 10.3. The van der Waals surface area contributed by atoms with Crippen molar-refractivity contribution >= 4 is 22.8 Å². The maximum absolute atomic E-state index is 12.7. The Hall–Kier alpha value is -2.07. The molecule has 0 bridgehead atoms. The predicted octanol–water partition coefficient (Wildman–Crippen LogP) is 6.22. The smallest absolute Gasteiger partial charge is 0.247 e. The van der Waals surface area contributed by atoms with Gasteiger partial charge in [-0.05, 0) is 62.6 Å². The third-order valence-corrected chi connectivity index (χ3v) is 6.57. The molecule has 0 unspecified atom stereocenters. The molecule has 28 heavy (non-hydrogen) atoms. The number of unbranched alkanes of at least 4 members (excludes halogenated alkanes) is 3. The van der Waals surface area contributed by atoms with Crippen LogP contribution in [0.15, 0.2) is 42.0 Å². The van der Waals surface area contributed by atoms with Crippen LogP contribution in [-0.2, 0) is 10.3 Å². The molecule has 0 radical (unpaired) electrons. The summed E-state index contributed by atoms with van der Waals surface area (Å²) in [7, 11) is 0. The van der Waals surface area contributed by atoms with Crippen LogP contribution in [0.2, 0.25) is 0 Å². The number of hydrogen-bond acceptors (Lipinski definition) is 3. The van der Waals surface area contributed by atoms with E-state index in [1.165, 1.54) is 29.0 Å². The molecule has 2 aromatic rings. The predicted molar refractivity (Wildman–Crippen MR) is 118 cm³/mol. The average molecular weight is 398 g/mol. The van der Waals surface area contributed by atoms with Crippen LogP contribution in [0.3, 0.4) is 0 Å². The van der Waals surface area contributed by atoms with Crippen molar-refractivity contribution < 1.29 is 9.53 Å². The van der Waals surface area contributed by atoms with Gasteiger partial charge in [-0.3, -0.25) is 4.79 Å². The van der Waals surface area contributed by atoms with E-state index in [0.29, 0.717) is 0 Å². The molecule has 3 rings (SSSR count). The number of carbonyl (C=O) groups is 1. The Labute approximate surface area is 172 Å². The van der Waals surface area contributed by atoms with Gasteiger partial charge in [0, 0.05) is 21.7 Å². The minimum absolute atomic E-state index is 0.0195. The van der Waals surface area contributed by atoms with E-state index >= 15 is 0 Å². The van der Waals surface area contributed by atoms with Crippen molar-refractivity contribution in [2.24, 2.45) is 0 Å². The largest absolute Gasteiger partial charge is 0.494 e. The lowest BCUT2D eigenvalue weighted by Gasteiger charge is -2.37. The van der Waals surface area contributed by atoms with Crippen LogP contribution in [0, 0.1) is 6.92 Å². The molecule has 1 amide bonds. The first kappa shape index (κ1) is 20.7. The lowest BCUT2D eigenvalue weighted by atomic mass is 9.80. The van der Waals surface area contributed by atoms with E-state index in [2.05, 4.69) is 50.4 Å². The molecule has 150 valence electrons. The standard InChI is InChI=1S/C24H31NO2S/c1-5-6-7-8-15-27-20-12-10-19(11-13-20)24(4)16-21(18(3)23(26)25-24)22-14-9-17(2)28-22/h9-14H,5-8,15-16H2,1-4H3,(H,25,26)/t24-/m0/s1. The van der Waals surface area contributed by atoms with Gasteiger partial charge in [-0.15, -0.1) is 11.3 Å². The molecule has 0 fully saturated rings. The highest BCUT2D eigenvalue weighted by Crippen LogP contribution is 2.40. The third kappa shape index (κ3) is 4.67. The highest BCUT2D eigenvalue weighted by molar-refractivity contribution is 7.13. The molecule has 0 saturated heterocycles. The number of ether oxygens (including phenoxy) is 1. The molecule has 2 heterocycles. The Morgan fingerprint density at radius 1 is 1.07 bits per heavy atom. The van der Waals surface area contributed by atoms with Gasteiger partial charge in [0.15, 0.2) is 0 Å². The van der Waals surface area contributed by atoms with Crippen LogP contribution in [-0.4, -0.2) is 12.5 Å². The molecule has 0 spiro atoms. The van der Waals surface area contributed by atoms with Crippen LogP contribution in [0.5, 0.6) is 5.75 Å². The Morgan fingerprint density at radius 3 is 2.46 bits per heavy atom. The van der Waals surface area contributed by atoms with E-state index in [4.69, 9.17) is 4.74 Å². The minimum atomic E-state index is -0.413. The van der Waals surface area contributed by atoms with Crippen molar-refractivity contribution in [3.63, 3.8) is 0 Å². The average Bonchev–Trinajstić information content (AvgIpc) is 3.11. The summed E-state index contributed by atoms with van der Waals surface area (Å²) in [5.41, 5.74) is 2.67. The van der Waals surface area contributed by atoms with Gasteiger partial charge in [0.25, 0.3) is 0 Å². The number of hydrogen-bond donors (Lipinski definition) is 1. The van der Waals surface area contributed by atoms with E-state index < -0.39 is 5.54 Å². The van der Waals surface area contributed by atoms with E-state index in [-0.39, 0.29) is 5.91 Å². The van der Waals surface area contributed by atoms with E-state index in [0.717, 1.165) is 41.9 Å². The Kier molecular flexibility index (Phi) is 6.61. The zero-order valence-electron chi connectivity index (χ0n) is 17.4. The normalized spacial score (nSPS) is 19.6. The topological polar surface area (TPSA) is 38.3 Å². The Morgan fingerprint density at radius 2 is 1.82 bits per heavy atom. The summed E-state index contributed by atoms with van der Waals surface area (Å²) in [6, 6.07) is 12.5. The Balaban J connectivity index is 1.73. The van der Waals surface area contributed by atoms with E-state index in [1.807, 2.05) is 19.1 Å². The highest BCUT2D eigenvalue weighted by atomic mass is 32.1. The lowest BCUT2D eigenvalue weighted by molar-refractivity contribution is -0.119. The van der Waals surface area contributed by atoms with E-state index in [1.54, 1.807) is 11.3 Å². The molecular weight excluding hydrogens is 366 g/mol. The first-order chi connectivity index (χ1) is 13.4. The van der Waals surface area contributed by atoms with Crippen molar-refractivity contribution in [3.8, 4) is 5.75 Å². The molecule has 0 aliphatic carbocycles. The summed E-state index contributed by atoms with van der Waals surface area (Å²) in [4.78, 5) is 15.1. The van der Waals surface area contributed by atoms with Gasteiger partial charge in [-0.1, -0.05) is 38.3 Å². The van der Waals surface area contributed by atoms with Gasteiger partial charge in [0.05, 0.1) is 12.1 Å². The monoisotopic (exact) mass is 397 g/mol. The van der Waals surface area contributed by atoms with Gasteiger partial charge in [-0.2, -0.15) is 0 Å². The molecule has 1 aromatic carbocycles. The molecular formula is C24H31NO2S. The molecule has 3 nitrogen and oxygen atoms in total. The van der Waals surface area contributed by atoms with Crippen LogP contribution in [0.4, 0.5) is 0 Å². The second-order valence-electron chi connectivity index (χ2n) is 7.91. The van der Waals surface area contributed by atoms with Crippen molar-refractivity contribution in [3.05, 3.63) is 57.3 Å². The molecule has 1 aliphatic heterocycles. The number of carbonyl (C=O) groups excluding carboxylic acids is 1. The second-order valence-corrected chi connectivity index (χ2v) is 9.20. The van der Waals surface area contributed by atoms with E-state index in [9.17, 15) is 4.79 Å². The third-order valence-electron chi connectivity index (χ3n) is 5.51. The molecule has 1 atom stereocenters. The van der Waals surface area contributed by atoms with Crippen LogP contribution < -0.4 is 10.1 Å². The quantitative estimate of drug-likeness (QED) is 0.537. The Bertz CT molecular complexity index is 850. The zero-order chi connectivity index (χ0) is 20.1. The summed E-state index contributed by atoms with van der Waals surface area (Å²) in [6.45, 7) is 9.11. The summed E-state index contributed by atoms with van der Waals surface area (Å²) in [5, 5.41) is 3.22. The fourth-order valence-electron chi connectivity index (χ4n) is 3.69. The SMILES string of the molecule is CCCCCCOc1ccc([C@]2(C)CC(c3ccc(C)s3)=C(C)C(=O)N2)cc1. The maximum Gasteiger partial charge on any atom is 0.247 e. The summed E-state index contributed by atoms with van der Waals surface area (Å²) in [6.07, 6.45) is 5.60. The van der Waals surface area contributed by atoms with Crippen molar-refractivity contribution in [2.45, 2.75) is 65.3 Å². The van der Waals surface area contributed by atoms with Gasteiger partial charge >= 0.3 is 0 Å². The van der Waals surface area contributed by atoms with Gasteiger partial charge in [-0.25, -0.2) is 0 Å². The zero-order valence-corrected chi connectivity index (χ0v) is 18.2. The highest BCUT2D eigenvalue weighted by Gasteiger charge is 2.36. The van der Waals surface area contributed by atoms with Gasteiger partial charge in [0.2, 0.25) is 5.91 Å². The molecule has 1 aromatic heterocycles. The fourth-order valence-corrected chi connectivity index (χ4v) is 4.66. The molecule has 1 N–H and O–H groups in total. The fraction of sp³-hybridized carbons (Fsp3) is 0.458. The number of rotatable bonds is 8. The van der Waals surface area contributed by atoms with Crippen LogP contribution in [0.25, 0.3) is 5.57 Å². The van der Waals surface area contributed by atoms with Gasteiger partial charge < -0.3 is 10.1 Å². The number of aryl methyl sites for hydroxylation is 1. The van der Waals surface area contributed by atoms with Gasteiger partial charge in [0.1, 0.15) is 5.75 Å². The summed E-state index contributed by atoms with van der Waals surface area (Å²) in [5.74, 6) is 0.915. The first-order valence-corrected chi connectivity index (χ1v) is 11.1. The van der Waals surface area contributed by atoms with Crippen LogP contribution in [0.1, 0.15) is 68.2 Å². The summed E-state index contributed by atoms with van der Waals surface area (Å²) >= 11 is 1.76. The molecule has 4 heteroatoms. The minimum Gasteiger partial charge on any atom is -0.494 e. The number of benzene rings is 1. The number of amides is 1. The van der Waals surface area contributed by atoms with Crippen LogP contribution >= 0.6 is 11.3 Å².